The van der Waals surface area contributed by atoms with E-state index < -0.39 is 17.8 Å². The third kappa shape index (κ3) is 6.82. The Morgan fingerprint density at radius 3 is 2.51 bits per heavy atom. The molecule has 0 unspecified atom stereocenters. The van der Waals surface area contributed by atoms with Crippen molar-refractivity contribution < 1.29 is 27.5 Å². The molecule has 12 heteroatoms. The number of hydrogen-bond acceptors (Lipinski definition) is 6. The lowest BCUT2D eigenvalue weighted by Crippen LogP contribution is -2.53. The number of nitrogens with one attached hydrogen (secondary N) is 1. The molecular weight excluding hydrogens is 553 g/mol. The molecule has 2 aromatic carbocycles. The maximum absolute atomic E-state index is 13.0. The number of carbonyl (C=O) groups is 2. The highest BCUT2D eigenvalue weighted by atomic mass is 35.5. The van der Waals surface area contributed by atoms with Crippen molar-refractivity contribution in [3.8, 4) is 0 Å². The summed E-state index contributed by atoms with van der Waals surface area (Å²) in [5, 5.41) is 3.10. The Hall–Kier alpha value is -2.89. The fourth-order valence-electron chi connectivity index (χ4n) is 5.26. The van der Waals surface area contributed by atoms with E-state index in [1.165, 1.54) is 6.07 Å². The molecule has 0 atom stereocenters. The van der Waals surface area contributed by atoms with E-state index in [0.29, 0.717) is 37.8 Å². The van der Waals surface area contributed by atoms with Gasteiger partial charge in [0.05, 0.1) is 21.3 Å². The Bertz CT molecular complexity index is 1340. The molecule has 1 saturated carbocycles. The van der Waals surface area contributed by atoms with Gasteiger partial charge in [0.15, 0.2) is 0 Å². The van der Waals surface area contributed by atoms with E-state index in [1.807, 2.05) is 18.2 Å². The molecule has 39 heavy (non-hydrogen) atoms. The van der Waals surface area contributed by atoms with Crippen LogP contribution < -0.4 is 5.32 Å². The van der Waals surface area contributed by atoms with Gasteiger partial charge < -0.3 is 15.0 Å². The molecule has 2 heterocycles. The number of aromatic nitrogens is 1. The van der Waals surface area contributed by atoms with Crippen LogP contribution in [0, 0.1) is 0 Å². The van der Waals surface area contributed by atoms with Crippen LogP contribution in [0.15, 0.2) is 41.9 Å². The van der Waals surface area contributed by atoms with Crippen LogP contribution in [0.3, 0.4) is 0 Å². The molecule has 208 valence electrons. The summed E-state index contributed by atoms with van der Waals surface area (Å²) in [7, 11) is 0. The second-order valence-electron chi connectivity index (χ2n) is 9.94. The van der Waals surface area contributed by atoms with Gasteiger partial charge in [0.25, 0.3) is 5.91 Å². The fourth-order valence-corrected chi connectivity index (χ4v) is 6.17. The van der Waals surface area contributed by atoms with E-state index in [4.69, 9.17) is 16.3 Å². The van der Waals surface area contributed by atoms with Crippen molar-refractivity contribution in [2.24, 2.45) is 0 Å². The summed E-state index contributed by atoms with van der Waals surface area (Å²) in [6.07, 6.45) is -1.39. The molecule has 5 rings (SSSR count). The third-order valence-corrected chi connectivity index (χ3v) is 8.39. The van der Waals surface area contributed by atoms with E-state index in [0.717, 1.165) is 48.0 Å². The van der Waals surface area contributed by atoms with E-state index in [-0.39, 0.29) is 29.1 Å². The van der Waals surface area contributed by atoms with Gasteiger partial charge in [-0.25, -0.2) is 9.78 Å². The van der Waals surface area contributed by atoms with Crippen molar-refractivity contribution in [1.82, 2.24) is 20.1 Å². The number of ether oxygens (including phenoxy) is 1. The minimum absolute atomic E-state index is 0.0593. The summed E-state index contributed by atoms with van der Waals surface area (Å²) in [5.41, 5.74) is 2.54. The molecule has 0 radical (unpaired) electrons. The molecule has 1 aromatic heterocycles. The van der Waals surface area contributed by atoms with E-state index in [2.05, 4.69) is 15.2 Å². The number of halogens is 4. The molecule has 3 aromatic rings. The molecule has 7 nitrogen and oxygen atoms in total. The monoisotopic (exact) mass is 580 g/mol. The predicted molar refractivity (Wildman–Crippen MR) is 143 cm³/mol. The number of thiazole rings is 1. The van der Waals surface area contributed by atoms with Crippen LogP contribution in [-0.2, 0) is 17.5 Å². The number of rotatable bonds is 5. The number of benzene rings is 2. The van der Waals surface area contributed by atoms with Gasteiger partial charge in [-0.3, -0.25) is 9.69 Å². The number of amides is 2. The molecule has 2 fully saturated rings. The second kappa shape index (κ2) is 11.7. The van der Waals surface area contributed by atoms with E-state index in [9.17, 15) is 22.8 Å². The Balaban J connectivity index is 1.04. The predicted octanol–water partition coefficient (Wildman–Crippen LogP) is 5.96. The van der Waals surface area contributed by atoms with Crippen LogP contribution in [0.4, 0.5) is 18.0 Å². The standard InChI is InChI=1S/C27H28ClF3N4O3S/c28-20-12-17(11-19(14-20)27(29,30)31)15-38-26(37)35-9-7-34(8-10-35)22-4-2-21(3-5-22)33-25(36)18-1-6-24-23(13-18)32-16-39-24/h1,6,11-14,16,21-22H,2-5,7-10,15H2,(H,33,36). The smallest absolute Gasteiger partial charge is 0.416 e. The van der Waals surface area contributed by atoms with Crippen LogP contribution in [0.2, 0.25) is 5.02 Å². The van der Waals surface area contributed by atoms with E-state index >= 15 is 0 Å². The molecular formula is C27H28ClF3N4O3S. The summed E-state index contributed by atoms with van der Waals surface area (Å²) >= 11 is 7.35. The van der Waals surface area contributed by atoms with Crippen molar-refractivity contribution in [2.45, 2.75) is 50.6 Å². The number of alkyl halides is 3. The molecule has 0 spiro atoms. The van der Waals surface area contributed by atoms with E-state index in [1.54, 1.807) is 21.7 Å². The third-order valence-electron chi connectivity index (χ3n) is 7.36. The average Bonchev–Trinajstić information content (AvgIpc) is 3.40. The fraction of sp³-hybridized carbons (Fsp3) is 0.444. The van der Waals surface area contributed by atoms with Crippen molar-refractivity contribution >= 4 is 45.2 Å². The number of piperazine rings is 1. The number of carbonyl (C=O) groups excluding carboxylic acids is 2. The zero-order valence-electron chi connectivity index (χ0n) is 21.0. The maximum atomic E-state index is 13.0. The Morgan fingerprint density at radius 2 is 1.79 bits per heavy atom. The van der Waals surface area contributed by atoms with Gasteiger partial charge in [-0.1, -0.05) is 11.6 Å². The summed E-state index contributed by atoms with van der Waals surface area (Å²) in [6, 6.07) is 9.24. The lowest BCUT2D eigenvalue weighted by Gasteiger charge is -2.41. The highest BCUT2D eigenvalue weighted by molar-refractivity contribution is 7.16. The summed E-state index contributed by atoms with van der Waals surface area (Å²) < 4.78 is 45.4. The van der Waals surface area contributed by atoms with Crippen molar-refractivity contribution in [1.29, 1.82) is 0 Å². The maximum Gasteiger partial charge on any atom is 0.416 e. The molecule has 0 bridgehead atoms. The Morgan fingerprint density at radius 1 is 1.05 bits per heavy atom. The van der Waals surface area contributed by atoms with Gasteiger partial charge in [-0.15, -0.1) is 11.3 Å². The lowest BCUT2D eigenvalue weighted by molar-refractivity contribution is -0.137. The molecule has 2 amide bonds. The molecule has 1 saturated heterocycles. The first-order valence-electron chi connectivity index (χ1n) is 12.8. The Labute approximate surface area is 232 Å². The summed E-state index contributed by atoms with van der Waals surface area (Å²) in [6.45, 7) is 2.08. The van der Waals surface area contributed by atoms with Crippen LogP contribution in [-0.4, -0.2) is 65.0 Å². The van der Waals surface area contributed by atoms with Gasteiger partial charge in [0.1, 0.15) is 6.61 Å². The normalized spacial score (nSPS) is 20.7. The SMILES string of the molecule is O=C(NC1CCC(N2CCN(C(=O)OCc3cc(Cl)cc(C(F)(F)F)c3)CC2)CC1)c1ccc2scnc2c1. The van der Waals surface area contributed by atoms with Crippen molar-refractivity contribution in [3.63, 3.8) is 0 Å². The van der Waals surface area contributed by atoms with Crippen molar-refractivity contribution in [3.05, 3.63) is 63.6 Å². The molecule has 1 aliphatic heterocycles. The second-order valence-corrected chi connectivity index (χ2v) is 11.3. The summed E-state index contributed by atoms with van der Waals surface area (Å²) in [5.74, 6) is -0.0760. The zero-order chi connectivity index (χ0) is 27.6. The zero-order valence-corrected chi connectivity index (χ0v) is 22.6. The van der Waals surface area contributed by atoms with Crippen LogP contribution in [0.5, 0.6) is 0 Å². The number of nitrogens with zero attached hydrogens (tertiary/aromatic N) is 3. The first-order valence-corrected chi connectivity index (χ1v) is 14.1. The van der Waals surface area contributed by atoms with Gasteiger partial charge in [0.2, 0.25) is 0 Å². The number of fused-ring (bicyclic) bond motifs is 1. The highest BCUT2D eigenvalue weighted by Crippen LogP contribution is 2.32. The van der Waals surface area contributed by atoms with Gasteiger partial charge in [-0.05, 0) is 67.6 Å². The quantitative estimate of drug-likeness (QED) is 0.403. The highest BCUT2D eigenvalue weighted by Gasteiger charge is 2.32. The Kier molecular flexibility index (Phi) is 8.29. The first kappa shape index (κ1) is 27.7. The minimum Gasteiger partial charge on any atom is -0.445 e. The molecule has 1 aliphatic carbocycles. The van der Waals surface area contributed by atoms with Crippen LogP contribution >= 0.6 is 22.9 Å². The number of hydrogen-bond donors (Lipinski definition) is 1. The first-order chi connectivity index (χ1) is 18.7. The van der Waals surface area contributed by atoms with Crippen LogP contribution in [0.1, 0.15) is 47.2 Å². The van der Waals surface area contributed by atoms with Crippen molar-refractivity contribution in [2.75, 3.05) is 26.2 Å². The topological polar surface area (TPSA) is 74.8 Å². The average molecular weight is 581 g/mol. The van der Waals surface area contributed by atoms with Gasteiger partial charge >= 0.3 is 12.3 Å². The molecule has 1 N–H and O–H groups in total. The molecule has 2 aliphatic rings. The lowest BCUT2D eigenvalue weighted by atomic mass is 9.89. The largest absolute Gasteiger partial charge is 0.445 e. The summed E-state index contributed by atoms with van der Waals surface area (Å²) in [4.78, 5) is 33.5. The minimum atomic E-state index is -4.53. The van der Waals surface area contributed by atoms with Gasteiger partial charge in [0, 0.05) is 48.8 Å². The van der Waals surface area contributed by atoms with Crippen LogP contribution in [0.25, 0.3) is 10.2 Å². The van der Waals surface area contributed by atoms with Gasteiger partial charge in [-0.2, -0.15) is 13.2 Å².